The quantitative estimate of drug-likeness (QED) is 0.891. The molecule has 2 bridgehead atoms. The number of hydrogen-bond donors (Lipinski definition) is 1. The maximum Gasteiger partial charge on any atom is 0.120 e. The van der Waals surface area contributed by atoms with E-state index in [1.807, 2.05) is 17.7 Å². The summed E-state index contributed by atoms with van der Waals surface area (Å²) in [7, 11) is 1.96. The van der Waals surface area contributed by atoms with Crippen molar-refractivity contribution in [2.75, 3.05) is 19.6 Å². The number of nitriles is 1. The van der Waals surface area contributed by atoms with Crippen LogP contribution in [0.5, 0.6) is 0 Å². The molecule has 102 valence electrons. The molecule has 1 atom stereocenters. The first-order chi connectivity index (χ1) is 9.19. The molecule has 1 aromatic rings. The van der Waals surface area contributed by atoms with E-state index in [0.717, 1.165) is 18.2 Å². The number of rotatable bonds is 3. The van der Waals surface area contributed by atoms with Crippen molar-refractivity contribution in [2.45, 2.75) is 32.4 Å². The van der Waals surface area contributed by atoms with Gasteiger partial charge < -0.3 is 14.8 Å². The topological polar surface area (TPSA) is 44.0 Å². The van der Waals surface area contributed by atoms with Gasteiger partial charge in [-0.15, -0.1) is 0 Å². The maximum atomic E-state index is 9.06. The summed E-state index contributed by atoms with van der Waals surface area (Å²) in [4.78, 5) is 2.57. The Labute approximate surface area is 115 Å². The standard InChI is InChI=1S/C15H22N4/c1-11-13(7-14(8-16)18(11)2)9-17-15-10-19-5-3-12(15)4-6-19/h7,12,15,17H,3-6,9-10H2,1-2H3. The van der Waals surface area contributed by atoms with Gasteiger partial charge in [-0.1, -0.05) is 0 Å². The van der Waals surface area contributed by atoms with E-state index in [9.17, 15) is 0 Å². The highest BCUT2D eigenvalue weighted by Gasteiger charge is 2.33. The minimum atomic E-state index is 0.632. The minimum absolute atomic E-state index is 0.632. The van der Waals surface area contributed by atoms with Crippen molar-refractivity contribution >= 4 is 0 Å². The van der Waals surface area contributed by atoms with Gasteiger partial charge in [-0.05, 0) is 50.4 Å². The summed E-state index contributed by atoms with van der Waals surface area (Å²) in [5.41, 5.74) is 3.21. The zero-order valence-corrected chi connectivity index (χ0v) is 11.8. The highest BCUT2D eigenvalue weighted by atomic mass is 15.2. The van der Waals surface area contributed by atoms with Crippen molar-refractivity contribution in [1.82, 2.24) is 14.8 Å². The van der Waals surface area contributed by atoms with Gasteiger partial charge in [0.2, 0.25) is 0 Å². The van der Waals surface area contributed by atoms with E-state index >= 15 is 0 Å². The van der Waals surface area contributed by atoms with Crippen molar-refractivity contribution in [1.29, 1.82) is 5.26 Å². The number of piperidine rings is 3. The second kappa shape index (κ2) is 4.99. The zero-order valence-electron chi connectivity index (χ0n) is 11.8. The predicted molar refractivity (Wildman–Crippen MR) is 74.7 cm³/mol. The first-order valence-corrected chi connectivity index (χ1v) is 7.20. The van der Waals surface area contributed by atoms with E-state index in [2.05, 4.69) is 23.2 Å². The van der Waals surface area contributed by atoms with E-state index in [1.165, 1.54) is 43.7 Å². The van der Waals surface area contributed by atoms with E-state index in [-0.39, 0.29) is 0 Å². The zero-order chi connectivity index (χ0) is 13.4. The molecular formula is C15H22N4. The molecule has 3 aliphatic rings. The van der Waals surface area contributed by atoms with Crippen molar-refractivity contribution in [3.05, 3.63) is 23.0 Å². The molecule has 0 saturated carbocycles. The molecule has 1 N–H and O–H groups in total. The van der Waals surface area contributed by atoms with Gasteiger partial charge in [0.15, 0.2) is 0 Å². The van der Waals surface area contributed by atoms with Gasteiger partial charge in [-0.3, -0.25) is 0 Å². The van der Waals surface area contributed by atoms with Gasteiger partial charge in [-0.25, -0.2) is 0 Å². The monoisotopic (exact) mass is 258 g/mol. The second-order valence-electron chi connectivity index (χ2n) is 5.94. The van der Waals surface area contributed by atoms with Gasteiger partial charge in [0, 0.05) is 31.9 Å². The SMILES string of the molecule is Cc1c(CNC2CN3CCC2CC3)cc(C#N)n1C. The minimum Gasteiger partial charge on any atom is -0.340 e. The van der Waals surface area contributed by atoms with Crippen LogP contribution in [-0.2, 0) is 13.6 Å². The van der Waals surface area contributed by atoms with Crippen molar-refractivity contribution in [3.63, 3.8) is 0 Å². The van der Waals surface area contributed by atoms with E-state index in [0.29, 0.717) is 6.04 Å². The van der Waals surface area contributed by atoms with Gasteiger partial charge in [0.05, 0.1) is 0 Å². The molecule has 0 aliphatic carbocycles. The van der Waals surface area contributed by atoms with Crippen LogP contribution in [-0.4, -0.2) is 35.1 Å². The molecular weight excluding hydrogens is 236 g/mol. The van der Waals surface area contributed by atoms with Crippen LogP contribution in [0.3, 0.4) is 0 Å². The molecule has 4 nitrogen and oxygen atoms in total. The normalized spacial score (nSPS) is 29.4. The van der Waals surface area contributed by atoms with Crippen LogP contribution >= 0.6 is 0 Å². The Bertz CT molecular complexity index is 503. The summed E-state index contributed by atoms with van der Waals surface area (Å²) in [5.74, 6) is 0.851. The largest absolute Gasteiger partial charge is 0.340 e. The molecule has 19 heavy (non-hydrogen) atoms. The molecule has 4 heteroatoms. The highest BCUT2D eigenvalue weighted by Crippen LogP contribution is 2.27. The molecule has 3 fully saturated rings. The van der Waals surface area contributed by atoms with Crippen LogP contribution in [0.4, 0.5) is 0 Å². The summed E-state index contributed by atoms with van der Waals surface area (Å²) in [6.45, 7) is 6.74. The number of nitrogens with one attached hydrogen (secondary N) is 1. The second-order valence-corrected chi connectivity index (χ2v) is 5.94. The Morgan fingerprint density at radius 2 is 2.16 bits per heavy atom. The van der Waals surface area contributed by atoms with Crippen LogP contribution in [0.25, 0.3) is 0 Å². The molecule has 0 radical (unpaired) electrons. The molecule has 1 aromatic heterocycles. The number of nitrogens with zero attached hydrogens (tertiary/aromatic N) is 3. The van der Waals surface area contributed by atoms with Crippen LogP contribution in [0.2, 0.25) is 0 Å². The van der Waals surface area contributed by atoms with Crippen LogP contribution < -0.4 is 5.32 Å². The molecule has 4 rings (SSSR count). The summed E-state index contributed by atoms with van der Waals surface area (Å²) in [6, 6.07) is 4.90. The Balaban J connectivity index is 1.65. The number of aromatic nitrogens is 1. The molecule has 1 unspecified atom stereocenters. The van der Waals surface area contributed by atoms with Gasteiger partial charge >= 0.3 is 0 Å². The van der Waals surface area contributed by atoms with Gasteiger partial charge in [0.25, 0.3) is 0 Å². The smallest absolute Gasteiger partial charge is 0.120 e. The molecule has 3 saturated heterocycles. The van der Waals surface area contributed by atoms with E-state index in [4.69, 9.17) is 5.26 Å². The number of fused-ring (bicyclic) bond motifs is 3. The summed E-state index contributed by atoms with van der Waals surface area (Å²) in [6.07, 6.45) is 2.68. The molecule has 0 aromatic carbocycles. The van der Waals surface area contributed by atoms with E-state index in [1.54, 1.807) is 0 Å². The molecule has 3 aliphatic heterocycles. The molecule has 0 spiro atoms. The molecule has 4 heterocycles. The number of hydrogen-bond acceptors (Lipinski definition) is 3. The first kappa shape index (κ1) is 12.7. The third-order valence-electron chi connectivity index (χ3n) is 4.97. The first-order valence-electron chi connectivity index (χ1n) is 7.20. The van der Waals surface area contributed by atoms with Crippen molar-refractivity contribution in [3.8, 4) is 6.07 Å². The lowest BCUT2D eigenvalue weighted by atomic mass is 9.84. The summed E-state index contributed by atoms with van der Waals surface area (Å²) < 4.78 is 1.98. The average Bonchev–Trinajstić information content (AvgIpc) is 2.74. The van der Waals surface area contributed by atoms with Crippen molar-refractivity contribution in [2.24, 2.45) is 13.0 Å². The van der Waals surface area contributed by atoms with Gasteiger partial charge in [0.1, 0.15) is 11.8 Å². The summed E-state index contributed by atoms with van der Waals surface area (Å²) in [5, 5.41) is 12.8. The lowest BCUT2D eigenvalue weighted by Crippen LogP contribution is -2.55. The Kier molecular flexibility index (Phi) is 3.34. The fourth-order valence-corrected chi connectivity index (χ4v) is 3.49. The van der Waals surface area contributed by atoms with Crippen LogP contribution in [0.15, 0.2) is 6.07 Å². The third kappa shape index (κ3) is 2.29. The molecule has 0 amide bonds. The Morgan fingerprint density at radius 3 is 2.68 bits per heavy atom. The van der Waals surface area contributed by atoms with Crippen LogP contribution in [0, 0.1) is 24.2 Å². The highest BCUT2D eigenvalue weighted by molar-refractivity contribution is 5.34. The fraction of sp³-hybridized carbons (Fsp3) is 0.667. The average molecular weight is 258 g/mol. The van der Waals surface area contributed by atoms with Crippen LogP contribution in [0.1, 0.15) is 29.8 Å². The summed E-state index contributed by atoms with van der Waals surface area (Å²) >= 11 is 0. The predicted octanol–water partition coefficient (Wildman–Crippen LogP) is 1.39. The third-order valence-corrected chi connectivity index (χ3v) is 4.97. The lowest BCUT2D eigenvalue weighted by molar-refractivity contribution is 0.0720. The Hall–Kier alpha value is -1.31. The van der Waals surface area contributed by atoms with Crippen molar-refractivity contribution < 1.29 is 0 Å². The van der Waals surface area contributed by atoms with Gasteiger partial charge in [-0.2, -0.15) is 5.26 Å². The lowest BCUT2D eigenvalue weighted by Gasteiger charge is -2.45. The fourth-order valence-electron chi connectivity index (χ4n) is 3.49. The maximum absolute atomic E-state index is 9.06. The van der Waals surface area contributed by atoms with E-state index < -0.39 is 0 Å². The Morgan fingerprint density at radius 1 is 1.42 bits per heavy atom.